The van der Waals surface area contributed by atoms with Crippen molar-refractivity contribution in [1.29, 1.82) is 0 Å². The lowest BCUT2D eigenvalue weighted by molar-refractivity contribution is 0.0516. The van der Waals surface area contributed by atoms with E-state index in [0.29, 0.717) is 49.7 Å². The molecule has 1 aliphatic heterocycles. The molecule has 1 saturated heterocycles. The zero-order valence-electron chi connectivity index (χ0n) is 17.4. The average Bonchev–Trinajstić information content (AvgIpc) is 3.17. The summed E-state index contributed by atoms with van der Waals surface area (Å²) in [5, 5.41) is 0.895. The summed E-state index contributed by atoms with van der Waals surface area (Å²) < 4.78 is 11.2. The van der Waals surface area contributed by atoms with Gasteiger partial charge in [0, 0.05) is 49.8 Å². The highest BCUT2D eigenvalue weighted by Crippen LogP contribution is 2.28. The minimum Gasteiger partial charge on any atom is -0.451 e. The van der Waals surface area contributed by atoms with Crippen LogP contribution < -0.4 is 0 Å². The molecule has 0 atom stereocenters. The summed E-state index contributed by atoms with van der Waals surface area (Å²) in [6.45, 7) is 4.35. The van der Waals surface area contributed by atoms with Gasteiger partial charge in [-0.25, -0.2) is 0 Å². The van der Waals surface area contributed by atoms with Crippen LogP contribution in [0, 0.1) is 0 Å². The minimum absolute atomic E-state index is 0.00793. The summed E-state index contributed by atoms with van der Waals surface area (Å²) >= 11 is 0. The lowest BCUT2D eigenvalue weighted by Gasteiger charge is -2.34. The molecular weight excluding hydrogens is 380 g/mol. The van der Waals surface area contributed by atoms with E-state index in [9.17, 15) is 9.59 Å². The van der Waals surface area contributed by atoms with Crippen LogP contribution in [0.25, 0.3) is 11.0 Å². The predicted molar refractivity (Wildman–Crippen MR) is 115 cm³/mol. The van der Waals surface area contributed by atoms with Gasteiger partial charge in [0.1, 0.15) is 5.58 Å². The van der Waals surface area contributed by atoms with Crippen LogP contribution in [0.1, 0.15) is 39.0 Å². The standard InChI is InChI=1S/C24H26N2O4/c1-3-17-8-10-18(11-9-17)23(27)25-12-14-26(15-13-25)24(28)22-20(16-29-2)19-6-4-5-7-21(19)30-22/h4-11H,3,12-16H2,1-2H3. The van der Waals surface area contributed by atoms with Crippen LogP contribution >= 0.6 is 0 Å². The maximum atomic E-state index is 13.2. The van der Waals surface area contributed by atoms with Gasteiger partial charge in [0.2, 0.25) is 0 Å². The molecule has 0 N–H and O–H groups in total. The summed E-state index contributed by atoms with van der Waals surface area (Å²) in [6.07, 6.45) is 0.947. The van der Waals surface area contributed by atoms with E-state index < -0.39 is 0 Å². The molecule has 0 bridgehead atoms. The fourth-order valence-electron chi connectivity index (χ4n) is 3.88. The van der Waals surface area contributed by atoms with Gasteiger partial charge >= 0.3 is 0 Å². The Balaban J connectivity index is 1.46. The van der Waals surface area contributed by atoms with Crippen LogP contribution in [0.2, 0.25) is 0 Å². The SMILES string of the molecule is CCc1ccc(C(=O)N2CCN(C(=O)c3oc4ccccc4c3COC)CC2)cc1. The number of hydrogen-bond acceptors (Lipinski definition) is 4. The number of hydrogen-bond donors (Lipinski definition) is 0. The number of para-hydroxylation sites is 1. The van der Waals surface area contributed by atoms with Gasteiger partial charge in [0.15, 0.2) is 5.76 Å². The first-order valence-electron chi connectivity index (χ1n) is 10.3. The molecule has 6 nitrogen and oxygen atoms in total. The van der Waals surface area contributed by atoms with Crippen molar-refractivity contribution in [2.45, 2.75) is 20.0 Å². The van der Waals surface area contributed by atoms with Gasteiger partial charge in [-0.05, 0) is 30.2 Å². The zero-order chi connectivity index (χ0) is 21.1. The van der Waals surface area contributed by atoms with Gasteiger partial charge in [0.05, 0.1) is 6.61 Å². The number of nitrogens with zero attached hydrogens (tertiary/aromatic N) is 2. The van der Waals surface area contributed by atoms with Crippen LogP contribution in [0.3, 0.4) is 0 Å². The molecule has 0 radical (unpaired) electrons. The van der Waals surface area contributed by atoms with Crippen molar-refractivity contribution >= 4 is 22.8 Å². The Morgan fingerprint density at radius 1 is 0.933 bits per heavy atom. The number of carbonyl (C=O) groups is 2. The number of carbonyl (C=O) groups excluding carboxylic acids is 2. The number of ether oxygens (including phenoxy) is 1. The molecule has 1 aliphatic rings. The van der Waals surface area contributed by atoms with Crippen molar-refractivity contribution in [1.82, 2.24) is 9.80 Å². The summed E-state index contributed by atoms with van der Waals surface area (Å²) in [4.78, 5) is 29.5. The van der Waals surface area contributed by atoms with E-state index in [1.165, 1.54) is 5.56 Å². The molecule has 2 heterocycles. The Labute approximate surface area is 176 Å². The third-order valence-corrected chi connectivity index (χ3v) is 5.64. The van der Waals surface area contributed by atoms with E-state index in [1.807, 2.05) is 48.5 Å². The molecule has 0 unspecified atom stereocenters. The number of fused-ring (bicyclic) bond motifs is 1. The van der Waals surface area contributed by atoms with Gasteiger partial charge in [-0.1, -0.05) is 37.3 Å². The topological polar surface area (TPSA) is 63.0 Å². The van der Waals surface area contributed by atoms with E-state index in [0.717, 1.165) is 17.4 Å². The highest BCUT2D eigenvalue weighted by Gasteiger charge is 2.29. The summed E-state index contributed by atoms with van der Waals surface area (Å²) in [7, 11) is 1.60. The van der Waals surface area contributed by atoms with Crippen molar-refractivity contribution in [3.05, 3.63) is 71.0 Å². The number of benzene rings is 2. The molecule has 0 saturated carbocycles. The molecule has 3 aromatic rings. The van der Waals surface area contributed by atoms with Gasteiger partial charge in [-0.2, -0.15) is 0 Å². The van der Waals surface area contributed by atoms with Crippen LogP contribution in [0.15, 0.2) is 52.9 Å². The molecule has 156 valence electrons. The average molecular weight is 406 g/mol. The van der Waals surface area contributed by atoms with E-state index in [-0.39, 0.29) is 11.8 Å². The summed E-state index contributed by atoms with van der Waals surface area (Å²) in [5.74, 6) is 0.180. The molecule has 2 aromatic carbocycles. The maximum Gasteiger partial charge on any atom is 0.290 e. The number of furan rings is 1. The Hall–Kier alpha value is -3.12. The van der Waals surface area contributed by atoms with Crippen LogP contribution in [0.5, 0.6) is 0 Å². The molecular formula is C24H26N2O4. The molecule has 0 aliphatic carbocycles. The van der Waals surface area contributed by atoms with Gasteiger partial charge in [-0.15, -0.1) is 0 Å². The van der Waals surface area contributed by atoms with Crippen LogP contribution in [-0.4, -0.2) is 54.9 Å². The lowest BCUT2D eigenvalue weighted by atomic mass is 10.1. The first kappa shape index (κ1) is 20.2. The zero-order valence-corrected chi connectivity index (χ0v) is 17.4. The monoisotopic (exact) mass is 406 g/mol. The first-order valence-corrected chi connectivity index (χ1v) is 10.3. The molecule has 6 heteroatoms. The molecule has 2 amide bonds. The molecule has 4 rings (SSSR count). The Morgan fingerprint density at radius 3 is 2.20 bits per heavy atom. The molecule has 1 aromatic heterocycles. The second kappa shape index (κ2) is 8.71. The van der Waals surface area contributed by atoms with E-state index in [4.69, 9.17) is 9.15 Å². The number of piperazine rings is 1. The predicted octanol–water partition coefficient (Wildman–Crippen LogP) is 3.74. The minimum atomic E-state index is -0.155. The normalized spacial score (nSPS) is 14.3. The second-order valence-electron chi connectivity index (χ2n) is 7.47. The van der Waals surface area contributed by atoms with E-state index in [2.05, 4.69) is 6.92 Å². The smallest absolute Gasteiger partial charge is 0.290 e. The highest BCUT2D eigenvalue weighted by molar-refractivity contribution is 5.99. The van der Waals surface area contributed by atoms with Crippen molar-refractivity contribution in [2.24, 2.45) is 0 Å². The number of rotatable bonds is 5. The van der Waals surface area contributed by atoms with E-state index >= 15 is 0 Å². The van der Waals surface area contributed by atoms with Crippen LogP contribution in [0.4, 0.5) is 0 Å². The fraction of sp³-hybridized carbons (Fsp3) is 0.333. The van der Waals surface area contributed by atoms with Crippen molar-refractivity contribution in [3.63, 3.8) is 0 Å². The largest absolute Gasteiger partial charge is 0.451 e. The molecule has 30 heavy (non-hydrogen) atoms. The Bertz CT molecular complexity index is 1050. The van der Waals surface area contributed by atoms with E-state index in [1.54, 1.807) is 16.9 Å². The summed E-state index contributed by atoms with van der Waals surface area (Å²) in [5.41, 5.74) is 3.34. The molecule has 1 fully saturated rings. The Morgan fingerprint density at radius 2 is 1.57 bits per heavy atom. The van der Waals surface area contributed by atoms with Crippen LogP contribution in [-0.2, 0) is 17.8 Å². The summed E-state index contributed by atoms with van der Waals surface area (Å²) in [6, 6.07) is 15.3. The van der Waals surface area contributed by atoms with Crippen molar-refractivity contribution < 1.29 is 18.7 Å². The molecule has 0 spiro atoms. The maximum absolute atomic E-state index is 13.2. The van der Waals surface area contributed by atoms with Crippen molar-refractivity contribution in [3.8, 4) is 0 Å². The number of amides is 2. The second-order valence-corrected chi connectivity index (χ2v) is 7.47. The van der Waals surface area contributed by atoms with Crippen molar-refractivity contribution in [2.75, 3.05) is 33.3 Å². The first-order chi connectivity index (χ1) is 14.6. The van der Waals surface area contributed by atoms with Gasteiger partial charge in [0.25, 0.3) is 11.8 Å². The van der Waals surface area contributed by atoms with Gasteiger partial charge in [-0.3, -0.25) is 9.59 Å². The lowest BCUT2D eigenvalue weighted by Crippen LogP contribution is -2.50. The number of aryl methyl sites for hydroxylation is 1. The Kier molecular flexibility index (Phi) is 5.86. The van der Waals surface area contributed by atoms with Gasteiger partial charge < -0.3 is 19.0 Å². The quantitative estimate of drug-likeness (QED) is 0.648. The fourth-order valence-corrected chi connectivity index (χ4v) is 3.88. The third-order valence-electron chi connectivity index (χ3n) is 5.64. The number of methoxy groups -OCH3 is 1. The highest BCUT2D eigenvalue weighted by atomic mass is 16.5. The third kappa shape index (κ3) is 3.83.